The maximum Gasteiger partial charge on any atom is 0.223 e. The number of quaternary nitrogens is 1. The van der Waals surface area contributed by atoms with Gasteiger partial charge in [-0.2, -0.15) is 0 Å². The van der Waals surface area contributed by atoms with Gasteiger partial charge in [0.05, 0.1) is 32.0 Å². The number of hydrogen-bond donors (Lipinski definition) is 1. The third-order valence-corrected chi connectivity index (χ3v) is 2.96. The van der Waals surface area contributed by atoms with E-state index in [1.54, 1.807) is 6.07 Å². The smallest absolute Gasteiger partial charge is 0.223 e. The van der Waals surface area contributed by atoms with Crippen LogP contribution < -0.4 is 5.73 Å². The lowest BCUT2D eigenvalue weighted by Crippen LogP contribution is -2.55. The largest absolute Gasteiger partial charge is 0.632 e. The van der Waals surface area contributed by atoms with Crippen molar-refractivity contribution >= 4 is 5.91 Å². The number of nitrogens with zero attached hydrogens (tertiary/aromatic N) is 1. The second-order valence-corrected chi connectivity index (χ2v) is 4.00. The van der Waals surface area contributed by atoms with Gasteiger partial charge in [0.25, 0.3) is 0 Å². The number of carbonyl (C=O) groups excluding carboxylic acids is 1. The normalized spacial score (nSPS) is 20.6. The number of rotatable bonds is 4. The second-order valence-electron chi connectivity index (χ2n) is 4.00. The maximum absolute atomic E-state index is 12.2. The Hall–Kier alpha value is -1.33. The van der Waals surface area contributed by atoms with Crippen molar-refractivity contribution in [1.82, 2.24) is 0 Å². The van der Waals surface area contributed by atoms with Gasteiger partial charge < -0.3 is 20.0 Å². The molecule has 0 bridgehead atoms. The Morgan fingerprint density at radius 3 is 2.80 bits per heavy atom. The van der Waals surface area contributed by atoms with E-state index < -0.39 is 11.9 Å². The molecule has 0 spiro atoms. The monoisotopic (exact) mass is 210 g/mol. The summed E-state index contributed by atoms with van der Waals surface area (Å²) in [6.45, 7) is 1.12. The molecule has 1 unspecified atom stereocenters. The summed E-state index contributed by atoms with van der Waals surface area (Å²) in [6, 6.07) is 1.33. The lowest BCUT2D eigenvalue weighted by molar-refractivity contribution is -0.947. The predicted octanol–water partition coefficient (Wildman–Crippen LogP) is 0.914. The van der Waals surface area contributed by atoms with Gasteiger partial charge in [-0.3, -0.25) is 4.79 Å². The van der Waals surface area contributed by atoms with Crippen molar-refractivity contribution in [2.75, 3.05) is 13.1 Å². The molecule has 1 atom stereocenters. The molecule has 2 N–H and O–H groups in total. The van der Waals surface area contributed by atoms with E-state index in [1.165, 1.54) is 12.5 Å². The number of furan rings is 1. The highest BCUT2D eigenvalue weighted by Crippen LogP contribution is 2.36. The molecule has 1 saturated heterocycles. The van der Waals surface area contributed by atoms with Gasteiger partial charge in [0.2, 0.25) is 5.91 Å². The van der Waals surface area contributed by atoms with Gasteiger partial charge in [0, 0.05) is 12.0 Å². The molecule has 0 radical (unpaired) electrons. The molecule has 0 saturated carbocycles. The molecular formula is C10H14N2O3. The van der Waals surface area contributed by atoms with Crippen LogP contribution in [0.5, 0.6) is 0 Å². The van der Waals surface area contributed by atoms with Gasteiger partial charge in [-0.05, 0) is 6.07 Å². The Kier molecular flexibility index (Phi) is 2.50. The number of amides is 1. The van der Waals surface area contributed by atoms with Gasteiger partial charge in [0.1, 0.15) is 6.04 Å². The molecule has 1 aromatic rings. The molecular weight excluding hydrogens is 196 g/mol. The topological polar surface area (TPSA) is 79.3 Å². The summed E-state index contributed by atoms with van der Waals surface area (Å²) in [7, 11) is 0. The van der Waals surface area contributed by atoms with Crippen molar-refractivity contribution in [3.8, 4) is 0 Å². The predicted molar refractivity (Wildman–Crippen MR) is 53.2 cm³/mol. The van der Waals surface area contributed by atoms with E-state index in [2.05, 4.69) is 0 Å². The Morgan fingerprint density at radius 1 is 1.67 bits per heavy atom. The van der Waals surface area contributed by atoms with E-state index in [4.69, 9.17) is 10.2 Å². The maximum atomic E-state index is 12.2. The highest BCUT2D eigenvalue weighted by molar-refractivity contribution is 5.74. The highest BCUT2D eigenvalue weighted by Gasteiger charge is 2.37. The van der Waals surface area contributed by atoms with Crippen LogP contribution in [-0.4, -0.2) is 23.6 Å². The minimum atomic E-state index is -0.443. The van der Waals surface area contributed by atoms with E-state index in [0.29, 0.717) is 13.1 Å². The van der Waals surface area contributed by atoms with Crippen LogP contribution in [0, 0.1) is 5.21 Å². The number of nitrogens with two attached hydrogens (primary N) is 1. The van der Waals surface area contributed by atoms with Crippen LogP contribution in [0.25, 0.3) is 0 Å². The molecule has 1 aromatic heterocycles. The number of hydroxylamine groups is 3. The minimum absolute atomic E-state index is 0.0863. The molecule has 0 aliphatic carbocycles. The van der Waals surface area contributed by atoms with Crippen molar-refractivity contribution in [2.45, 2.75) is 18.9 Å². The first kappa shape index (κ1) is 10.2. The lowest BCUT2D eigenvalue weighted by atomic mass is 10.00. The van der Waals surface area contributed by atoms with Crippen LogP contribution in [0.4, 0.5) is 0 Å². The lowest BCUT2D eigenvalue weighted by Gasteiger charge is -2.54. The van der Waals surface area contributed by atoms with Crippen molar-refractivity contribution in [3.63, 3.8) is 0 Å². The number of likely N-dealkylation sites (tertiary alicyclic amines) is 1. The zero-order valence-electron chi connectivity index (χ0n) is 8.39. The van der Waals surface area contributed by atoms with Crippen LogP contribution in [0.2, 0.25) is 0 Å². The fourth-order valence-corrected chi connectivity index (χ4v) is 1.99. The Balaban J connectivity index is 2.20. The highest BCUT2D eigenvalue weighted by atomic mass is 16.6. The first-order valence-corrected chi connectivity index (χ1v) is 5.00. The summed E-state index contributed by atoms with van der Waals surface area (Å²) in [5.74, 6) is -0.443. The van der Waals surface area contributed by atoms with Crippen molar-refractivity contribution < 1.29 is 13.9 Å². The Morgan fingerprint density at radius 2 is 2.40 bits per heavy atom. The average molecular weight is 210 g/mol. The molecule has 5 heteroatoms. The van der Waals surface area contributed by atoms with Crippen molar-refractivity contribution in [3.05, 3.63) is 29.4 Å². The summed E-state index contributed by atoms with van der Waals surface area (Å²) in [5, 5.41) is 12.2. The summed E-state index contributed by atoms with van der Waals surface area (Å²) in [5.41, 5.74) is 5.92. The van der Waals surface area contributed by atoms with E-state index in [0.717, 1.165) is 12.0 Å². The zero-order valence-corrected chi connectivity index (χ0v) is 8.39. The van der Waals surface area contributed by atoms with Gasteiger partial charge in [-0.15, -0.1) is 0 Å². The molecule has 0 aromatic carbocycles. The Labute approximate surface area is 87.6 Å². The van der Waals surface area contributed by atoms with Crippen LogP contribution in [-0.2, 0) is 4.79 Å². The summed E-state index contributed by atoms with van der Waals surface area (Å²) < 4.78 is 4.60. The second kappa shape index (κ2) is 3.67. The van der Waals surface area contributed by atoms with E-state index in [1.807, 2.05) is 0 Å². The quantitative estimate of drug-likeness (QED) is 0.592. The van der Waals surface area contributed by atoms with E-state index in [-0.39, 0.29) is 11.1 Å². The van der Waals surface area contributed by atoms with Gasteiger partial charge >= 0.3 is 0 Å². The number of hydrogen-bond acceptors (Lipinski definition) is 3. The molecule has 1 fully saturated rings. The minimum Gasteiger partial charge on any atom is -0.632 e. The fourth-order valence-electron chi connectivity index (χ4n) is 1.99. The SMILES string of the molecule is NC(=O)CC(c1ccoc1)[N+]1([O-])CCC1. The van der Waals surface area contributed by atoms with Crippen LogP contribution in [0.15, 0.2) is 23.0 Å². The van der Waals surface area contributed by atoms with Crippen LogP contribution in [0.1, 0.15) is 24.4 Å². The van der Waals surface area contributed by atoms with E-state index >= 15 is 0 Å². The molecule has 1 aliphatic rings. The van der Waals surface area contributed by atoms with Crippen LogP contribution in [0.3, 0.4) is 0 Å². The number of primary amides is 1. The Bertz CT molecular complexity index is 344. The third kappa shape index (κ3) is 1.88. The fraction of sp³-hybridized carbons (Fsp3) is 0.500. The standard InChI is InChI=1S/C10H14N2O3/c11-10(13)6-9(8-2-5-15-7-8)12(14)3-1-4-12/h2,5,7,9H,1,3-4,6H2,(H2,11,13). The average Bonchev–Trinajstić information content (AvgIpc) is 2.62. The van der Waals surface area contributed by atoms with Gasteiger partial charge in [-0.25, -0.2) is 0 Å². The van der Waals surface area contributed by atoms with Gasteiger partial charge in [-0.1, -0.05) is 0 Å². The van der Waals surface area contributed by atoms with Gasteiger partial charge in [0.15, 0.2) is 0 Å². The van der Waals surface area contributed by atoms with Crippen LogP contribution >= 0.6 is 0 Å². The number of carbonyl (C=O) groups is 1. The molecule has 2 rings (SSSR count). The van der Waals surface area contributed by atoms with E-state index in [9.17, 15) is 10.0 Å². The molecule has 82 valence electrons. The molecule has 15 heavy (non-hydrogen) atoms. The molecule has 2 heterocycles. The molecule has 5 nitrogen and oxygen atoms in total. The zero-order chi connectivity index (χ0) is 10.9. The first-order valence-electron chi connectivity index (χ1n) is 5.00. The van der Waals surface area contributed by atoms with Crippen molar-refractivity contribution in [2.24, 2.45) is 5.73 Å². The summed E-state index contributed by atoms with van der Waals surface area (Å²) >= 11 is 0. The first-order chi connectivity index (χ1) is 7.12. The molecule has 1 aliphatic heterocycles. The molecule has 1 amide bonds. The third-order valence-electron chi connectivity index (χ3n) is 2.96. The summed E-state index contributed by atoms with van der Waals surface area (Å²) in [4.78, 5) is 10.9. The van der Waals surface area contributed by atoms with Crippen molar-refractivity contribution in [1.29, 1.82) is 0 Å². The summed E-state index contributed by atoms with van der Waals surface area (Å²) in [6.07, 6.45) is 4.03.